The second-order valence-electron chi connectivity index (χ2n) is 5.87. The minimum absolute atomic E-state index is 0.313. The van der Waals surface area contributed by atoms with Gasteiger partial charge in [0.1, 0.15) is 17.8 Å². The Kier molecular flexibility index (Phi) is 3.57. The molecule has 0 aliphatic heterocycles. The van der Waals surface area contributed by atoms with Crippen molar-refractivity contribution in [1.29, 1.82) is 0 Å². The maximum absolute atomic E-state index is 6.24. The van der Waals surface area contributed by atoms with Crippen LogP contribution in [0.25, 0.3) is 16.6 Å². The Bertz CT molecular complexity index is 1070. The van der Waals surface area contributed by atoms with Gasteiger partial charge in [-0.25, -0.2) is 9.67 Å². The van der Waals surface area contributed by atoms with Crippen LogP contribution >= 0.6 is 0 Å². The molecule has 0 bridgehead atoms. The number of aryl methyl sites for hydroxylation is 2. The molecule has 2 heterocycles. The molecule has 4 aromatic rings. The van der Waals surface area contributed by atoms with Crippen LogP contribution < -0.4 is 10.5 Å². The van der Waals surface area contributed by atoms with E-state index in [1.165, 1.54) is 6.33 Å². The highest BCUT2D eigenvalue weighted by Gasteiger charge is 2.14. The molecule has 0 aliphatic carbocycles. The zero-order valence-corrected chi connectivity index (χ0v) is 14.0. The van der Waals surface area contributed by atoms with Crippen molar-refractivity contribution in [2.45, 2.75) is 13.8 Å². The van der Waals surface area contributed by atoms with Gasteiger partial charge in [-0.1, -0.05) is 30.3 Å². The minimum atomic E-state index is 0.313. The number of anilines is 1. The van der Waals surface area contributed by atoms with Crippen molar-refractivity contribution < 1.29 is 4.74 Å². The summed E-state index contributed by atoms with van der Waals surface area (Å²) < 4.78 is 7.60. The number of hydrogen-bond donors (Lipinski definition) is 1. The number of nitrogen functional groups attached to an aromatic ring is 1. The lowest BCUT2D eigenvalue weighted by Gasteiger charge is -2.11. The predicted octanol–water partition coefficient (Wildman–Crippen LogP) is 3.81. The molecular formula is C19H17N5O. The second-order valence-corrected chi connectivity index (χ2v) is 5.87. The van der Waals surface area contributed by atoms with Crippen LogP contribution in [-0.2, 0) is 0 Å². The van der Waals surface area contributed by atoms with E-state index in [1.54, 1.807) is 4.68 Å². The summed E-state index contributed by atoms with van der Waals surface area (Å²) in [5.41, 5.74) is 8.43. The number of nitrogens with two attached hydrogens (primary N) is 1. The number of aromatic nitrogens is 4. The molecule has 0 aliphatic rings. The maximum Gasteiger partial charge on any atom is 0.248 e. The number of nitrogens with zero attached hydrogens (tertiary/aromatic N) is 4. The lowest BCUT2D eigenvalue weighted by atomic mass is 10.1. The largest absolute Gasteiger partial charge is 0.437 e. The highest BCUT2D eigenvalue weighted by Crippen LogP contribution is 2.30. The van der Waals surface area contributed by atoms with Gasteiger partial charge in [0.15, 0.2) is 5.82 Å². The van der Waals surface area contributed by atoms with Crippen LogP contribution in [0.15, 0.2) is 54.9 Å². The highest BCUT2D eigenvalue weighted by atomic mass is 16.5. The number of benzene rings is 2. The Hall–Kier alpha value is -3.41. The smallest absolute Gasteiger partial charge is 0.248 e. The van der Waals surface area contributed by atoms with Crippen molar-refractivity contribution in [1.82, 2.24) is 19.7 Å². The molecule has 6 nitrogen and oxygen atoms in total. The van der Waals surface area contributed by atoms with Crippen molar-refractivity contribution >= 4 is 16.5 Å². The molecule has 6 heteroatoms. The van der Waals surface area contributed by atoms with E-state index in [4.69, 9.17) is 10.5 Å². The van der Waals surface area contributed by atoms with E-state index in [0.717, 1.165) is 22.2 Å². The summed E-state index contributed by atoms with van der Waals surface area (Å²) in [5.74, 6) is 1.49. The highest BCUT2D eigenvalue weighted by molar-refractivity contribution is 5.83. The zero-order chi connectivity index (χ0) is 17.4. The topological polar surface area (TPSA) is 78.8 Å². The van der Waals surface area contributed by atoms with Crippen molar-refractivity contribution in [3.8, 4) is 17.4 Å². The fourth-order valence-electron chi connectivity index (χ4n) is 2.81. The van der Waals surface area contributed by atoms with Gasteiger partial charge in [-0.2, -0.15) is 10.1 Å². The summed E-state index contributed by atoms with van der Waals surface area (Å²) in [6.07, 6.45) is 1.43. The Balaban J connectivity index is 1.73. The van der Waals surface area contributed by atoms with Gasteiger partial charge in [0.05, 0.1) is 5.69 Å². The van der Waals surface area contributed by atoms with Crippen molar-refractivity contribution in [3.63, 3.8) is 0 Å². The molecule has 0 spiro atoms. The standard InChI is InChI=1S/C19H17N5O/c1-12-9-13(2)24(23-12)18-17(20)19(22-11-21-18)25-16-8-7-14-5-3-4-6-15(14)10-16/h3-11H,20H2,1-2H3. The number of ether oxygens (including phenoxy) is 1. The molecule has 2 aromatic carbocycles. The van der Waals surface area contributed by atoms with Gasteiger partial charge in [0, 0.05) is 5.69 Å². The first-order chi connectivity index (χ1) is 12.1. The number of fused-ring (bicyclic) bond motifs is 1. The number of hydrogen-bond acceptors (Lipinski definition) is 5. The normalized spacial score (nSPS) is 11.0. The third-order valence-electron chi connectivity index (χ3n) is 3.97. The molecule has 0 saturated carbocycles. The van der Waals surface area contributed by atoms with Gasteiger partial charge in [0.2, 0.25) is 5.88 Å². The lowest BCUT2D eigenvalue weighted by molar-refractivity contribution is 0.464. The molecule has 0 saturated heterocycles. The third kappa shape index (κ3) is 2.78. The van der Waals surface area contributed by atoms with E-state index in [0.29, 0.717) is 23.1 Å². The summed E-state index contributed by atoms with van der Waals surface area (Å²) in [5, 5.41) is 6.66. The van der Waals surface area contributed by atoms with Gasteiger partial charge in [0.25, 0.3) is 0 Å². The molecule has 25 heavy (non-hydrogen) atoms. The van der Waals surface area contributed by atoms with Crippen LogP contribution in [0.1, 0.15) is 11.4 Å². The minimum Gasteiger partial charge on any atom is -0.437 e. The Labute approximate surface area is 144 Å². The summed E-state index contributed by atoms with van der Waals surface area (Å²) in [7, 11) is 0. The first kappa shape index (κ1) is 15.1. The summed E-state index contributed by atoms with van der Waals surface area (Å²) in [4.78, 5) is 8.44. The van der Waals surface area contributed by atoms with Gasteiger partial charge in [-0.05, 0) is 42.8 Å². The molecule has 124 valence electrons. The van der Waals surface area contributed by atoms with Gasteiger partial charge >= 0.3 is 0 Å². The SMILES string of the molecule is Cc1cc(C)n(-c2ncnc(Oc3ccc4ccccc4c3)c2N)n1. The monoisotopic (exact) mass is 331 g/mol. The van der Waals surface area contributed by atoms with Crippen LogP contribution in [-0.4, -0.2) is 19.7 Å². The first-order valence-electron chi connectivity index (χ1n) is 7.92. The van der Waals surface area contributed by atoms with Gasteiger partial charge in [-0.3, -0.25) is 0 Å². The van der Waals surface area contributed by atoms with Crippen molar-refractivity contribution in [3.05, 3.63) is 66.2 Å². The Morgan fingerprint density at radius 2 is 1.76 bits per heavy atom. The van der Waals surface area contributed by atoms with Gasteiger partial charge in [-0.15, -0.1) is 0 Å². The van der Waals surface area contributed by atoms with E-state index in [2.05, 4.69) is 21.1 Å². The van der Waals surface area contributed by atoms with Crippen LogP contribution in [0.4, 0.5) is 5.69 Å². The van der Waals surface area contributed by atoms with E-state index >= 15 is 0 Å². The molecule has 0 amide bonds. The third-order valence-corrected chi connectivity index (χ3v) is 3.97. The number of rotatable bonds is 3. The molecule has 2 aromatic heterocycles. The maximum atomic E-state index is 6.24. The van der Waals surface area contributed by atoms with Gasteiger partial charge < -0.3 is 10.5 Å². The van der Waals surface area contributed by atoms with Crippen molar-refractivity contribution in [2.24, 2.45) is 0 Å². The predicted molar refractivity (Wildman–Crippen MR) is 97.1 cm³/mol. The average molecular weight is 331 g/mol. The molecule has 0 fully saturated rings. The lowest BCUT2D eigenvalue weighted by Crippen LogP contribution is -2.08. The molecular weight excluding hydrogens is 314 g/mol. The molecule has 4 rings (SSSR count). The fourth-order valence-corrected chi connectivity index (χ4v) is 2.81. The Morgan fingerprint density at radius 1 is 0.960 bits per heavy atom. The first-order valence-corrected chi connectivity index (χ1v) is 7.92. The summed E-state index contributed by atoms with van der Waals surface area (Å²) in [6.45, 7) is 3.87. The summed E-state index contributed by atoms with van der Waals surface area (Å²) >= 11 is 0. The molecule has 0 radical (unpaired) electrons. The van der Waals surface area contributed by atoms with E-state index in [-0.39, 0.29) is 0 Å². The van der Waals surface area contributed by atoms with Crippen LogP contribution in [0, 0.1) is 13.8 Å². The molecule has 0 atom stereocenters. The van der Waals surface area contributed by atoms with Crippen LogP contribution in [0.2, 0.25) is 0 Å². The van der Waals surface area contributed by atoms with Crippen LogP contribution in [0.3, 0.4) is 0 Å². The molecule has 2 N–H and O–H groups in total. The molecule has 0 unspecified atom stereocenters. The zero-order valence-electron chi connectivity index (χ0n) is 14.0. The fraction of sp³-hybridized carbons (Fsp3) is 0.105. The summed E-state index contributed by atoms with van der Waals surface area (Å²) in [6, 6.07) is 15.9. The van der Waals surface area contributed by atoms with E-state index in [1.807, 2.05) is 56.3 Å². The van der Waals surface area contributed by atoms with E-state index in [9.17, 15) is 0 Å². The van der Waals surface area contributed by atoms with Crippen LogP contribution in [0.5, 0.6) is 11.6 Å². The Morgan fingerprint density at radius 3 is 2.52 bits per heavy atom. The average Bonchev–Trinajstić information content (AvgIpc) is 2.95. The second kappa shape index (κ2) is 5.90. The van der Waals surface area contributed by atoms with E-state index < -0.39 is 0 Å². The van der Waals surface area contributed by atoms with Crippen molar-refractivity contribution in [2.75, 3.05) is 5.73 Å². The quantitative estimate of drug-likeness (QED) is 0.617.